The molecule has 5 nitrogen and oxygen atoms in total. The second-order valence-electron chi connectivity index (χ2n) is 4.58. The normalized spacial score (nSPS) is 16.9. The predicted molar refractivity (Wildman–Crippen MR) is 92.5 cm³/mol. The van der Waals surface area contributed by atoms with E-state index in [1.54, 1.807) is 18.2 Å². The molecule has 1 aliphatic heterocycles. The van der Waals surface area contributed by atoms with Crippen molar-refractivity contribution < 1.29 is 14.4 Å². The van der Waals surface area contributed by atoms with Crippen molar-refractivity contribution in [1.82, 2.24) is 5.32 Å². The van der Waals surface area contributed by atoms with Gasteiger partial charge in [-0.25, -0.2) is 9.69 Å². The molecule has 0 aliphatic carbocycles. The molecule has 0 bridgehead atoms. The number of amides is 4. The van der Waals surface area contributed by atoms with Crippen molar-refractivity contribution in [2.45, 2.75) is 0 Å². The van der Waals surface area contributed by atoms with Gasteiger partial charge in [-0.05, 0) is 58.4 Å². The average molecular weight is 412 g/mol. The molecule has 2 heterocycles. The van der Waals surface area contributed by atoms with Crippen LogP contribution in [0.4, 0.5) is 10.5 Å². The Balaban J connectivity index is 2.00. The third kappa shape index (κ3) is 3.21. The van der Waals surface area contributed by atoms with E-state index >= 15 is 0 Å². The van der Waals surface area contributed by atoms with Gasteiger partial charge in [0.05, 0.1) is 9.47 Å². The van der Waals surface area contributed by atoms with Crippen molar-refractivity contribution in [2.24, 2.45) is 0 Å². The number of carbonyl (C=O) groups excluding carboxylic acids is 3. The van der Waals surface area contributed by atoms with Crippen molar-refractivity contribution >= 4 is 68.5 Å². The third-order valence-electron chi connectivity index (χ3n) is 3.07. The van der Waals surface area contributed by atoms with Crippen LogP contribution in [0.2, 0.25) is 5.02 Å². The second kappa shape index (κ2) is 6.27. The molecule has 4 amide bonds. The number of nitrogens with zero attached hydrogens (tertiary/aromatic N) is 1. The predicted octanol–water partition coefficient (Wildman–Crippen LogP) is 3.83. The molecule has 1 aromatic carbocycles. The standard InChI is InChI=1S/C15H8BrClN2O3S/c16-12-6-5-10(23-12)7-11-13(20)18-15(22)19(14(11)21)9-3-1-8(17)2-4-9/h1-7H,(H,18,20,22)/b11-7-. The summed E-state index contributed by atoms with van der Waals surface area (Å²) in [6.45, 7) is 0. The Bertz CT molecular complexity index is 845. The molecule has 1 aliphatic rings. The average Bonchev–Trinajstić information content (AvgIpc) is 2.91. The summed E-state index contributed by atoms with van der Waals surface area (Å²) in [7, 11) is 0. The topological polar surface area (TPSA) is 66.5 Å². The Labute approximate surface area is 148 Å². The second-order valence-corrected chi connectivity index (χ2v) is 7.51. The highest BCUT2D eigenvalue weighted by atomic mass is 79.9. The monoisotopic (exact) mass is 410 g/mol. The zero-order valence-corrected chi connectivity index (χ0v) is 14.5. The summed E-state index contributed by atoms with van der Waals surface area (Å²) < 4.78 is 0.874. The van der Waals surface area contributed by atoms with Gasteiger partial charge in [0, 0.05) is 9.90 Å². The maximum Gasteiger partial charge on any atom is 0.335 e. The van der Waals surface area contributed by atoms with E-state index in [1.165, 1.54) is 29.5 Å². The lowest BCUT2D eigenvalue weighted by Gasteiger charge is -2.26. The fourth-order valence-corrected chi connectivity index (χ4v) is 3.52. The first-order chi connectivity index (χ1) is 11.0. The highest BCUT2D eigenvalue weighted by molar-refractivity contribution is 9.11. The lowest BCUT2D eigenvalue weighted by atomic mass is 10.1. The summed E-state index contributed by atoms with van der Waals surface area (Å²) in [6.07, 6.45) is 1.46. The smallest absolute Gasteiger partial charge is 0.273 e. The molecule has 116 valence electrons. The summed E-state index contributed by atoms with van der Waals surface area (Å²) in [5, 5.41) is 2.65. The maximum atomic E-state index is 12.6. The molecule has 0 unspecified atom stereocenters. The fraction of sp³-hybridized carbons (Fsp3) is 0. The van der Waals surface area contributed by atoms with E-state index in [9.17, 15) is 14.4 Å². The Hall–Kier alpha value is -1.96. The van der Waals surface area contributed by atoms with E-state index < -0.39 is 17.8 Å². The molecule has 3 rings (SSSR count). The zero-order chi connectivity index (χ0) is 16.6. The number of hydrogen-bond donors (Lipinski definition) is 1. The third-order valence-corrected chi connectivity index (χ3v) is 4.89. The number of benzene rings is 1. The number of nitrogens with one attached hydrogen (secondary N) is 1. The van der Waals surface area contributed by atoms with E-state index in [-0.39, 0.29) is 5.57 Å². The van der Waals surface area contributed by atoms with Crippen molar-refractivity contribution in [2.75, 3.05) is 4.90 Å². The Morgan fingerprint density at radius 3 is 2.39 bits per heavy atom. The van der Waals surface area contributed by atoms with Gasteiger partial charge in [-0.1, -0.05) is 11.6 Å². The molecule has 1 aromatic heterocycles. The van der Waals surface area contributed by atoms with Gasteiger partial charge in [0.25, 0.3) is 11.8 Å². The molecule has 2 aromatic rings. The maximum absolute atomic E-state index is 12.6. The van der Waals surface area contributed by atoms with Gasteiger partial charge in [-0.15, -0.1) is 11.3 Å². The fourth-order valence-electron chi connectivity index (χ4n) is 2.03. The number of anilines is 1. The van der Waals surface area contributed by atoms with Crippen LogP contribution in [0.15, 0.2) is 45.8 Å². The highest BCUT2D eigenvalue weighted by Gasteiger charge is 2.36. The molecule has 1 fully saturated rings. The number of thiophene rings is 1. The molecular formula is C15H8BrClN2O3S. The first-order valence-electron chi connectivity index (χ1n) is 6.38. The summed E-state index contributed by atoms with van der Waals surface area (Å²) in [6, 6.07) is 8.99. The van der Waals surface area contributed by atoms with E-state index in [0.29, 0.717) is 10.7 Å². The van der Waals surface area contributed by atoms with Crippen LogP contribution < -0.4 is 10.2 Å². The minimum atomic E-state index is -0.785. The largest absolute Gasteiger partial charge is 0.335 e. The lowest BCUT2D eigenvalue weighted by Crippen LogP contribution is -2.54. The van der Waals surface area contributed by atoms with Crippen LogP contribution in [0.5, 0.6) is 0 Å². The number of rotatable bonds is 2. The van der Waals surface area contributed by atoms with Crippen molar-refractivity contribution in [3.05, 3.63) is 55.7 Å². The first-order valence-corrected chi connectivity index (χ1v) is 8.37. The first kappa shape index (κ1) is 15.9. The molecule has 1 saturated heterocycles. The summed E-state index contributed by atoms with van der Waals surface area (Å²) in [5.41, 5.74) is 0.233. The van der Waals surface area contributed by atoms with Crippen LogP contribution in [-0.2, 0) is 9.59 Å². The molecule has 0 saturated carbocycles. The van der Waals surface area contributed by atoms with Crippen molar-refractivity contribution in [1.29, 1.82) is 0 Å². The minimum Gasteiger partial charge on any atom is -0.273 e. The summed E-state index contributed by atoms with van der Waals surface area (Å²) in [5.74, 6) is -1.39. The molecule has 0 atom stereocenters. The van der Waals surface area contributed by atoms with Crippen LogP contribution in [0.3, 0.4) is 0 Å². The SMILES string of the molecule is O=C1NC(=O)N(c2ccc(Cl)cc2)C(=O)/C1=C\c1ccc(Br)s1. The van der Waals surface area contributed by atoms with Crippen LogP contribution >= 0.6 is 38.9 Å². The lowest BCUT2D eigenvalue weighted by molar-refractivity contribution is -0.122. The van der Waals surface area contributed by atoms with E-state index in [4.69, 9.17) is 11.6 Å². The number of hydrogen-bond acceptors (Lipinski definition) is 4. The van der Waals surface area contributed by atoms with Gasteiger partial charge in [-0.3, -0.25) is 14.9 Å². The summed E-state index contributed by atoms with van der Waals surface area (Å²) >= 11 is 10.5. The van der Waals surface area contributed by atoms with E-state index in [1.807, 2.05) is 6.07 Å². The van der Waals surface area contributed by atoms with Crippen LogP contribution in [-0.4, -0.2) is 17.8 Å². The number of urea groups is 1. The molecule has 0 radical (unpaired) electrons. The Morgan fingerprint density at radius 2 is 1.78 bits per heavy atom. The Morgan fingerprint density at radius 1 is 1.09 bits per heavy atom. The molecule has 1 N–H and O–H groups in total. The van der Waals surface area contributed by atoms with E-state index in [2.05, 4.69) is 21.2 Å². The molecule has 0 spiro atoms. The van der Waals surface area contributed by atoms with Gasteiger partial charge < -0.3 is 0 Å². The summed E-state index contributed by atoms with van der Waals surface area (Å²) in [4.78, 5) is 38.2. The van der Waals surface area contributed by atoms with Gasteiger partial charge in [-0.2, -0.15) is 0 Å². The van der Waals surface area contributed by atoms with Gasteiger partial charge in [0.15, 0.2) is 0 Å². The zero-order valence-electron chi connectivity index (χ0n) is 11.4. The number of carbonyl (C=O) groups is 3. The minimum absolute atomic E-state index is 0.103. The van der Waals surface area contributed by atoms with Crippen LogP contribution in [0, 0.1) is 0 Å². The molecule has 23 heavy (non-hydrogen) atoms. The number of halogens is 2. The molecule has 8 heteroatoms. The van der Waals surface area contributed by atoms with Crippen molar-refractivity contribution in [3.8, 4) is 0 Å². The van der Waals surface area contributed by atoms with Gasteiger partial charge in [0.2, 0.25) is 0 Å². The van der Waals surface area contributed by atoms with Crippen LogP contribution in [0.1, 0.15) is 4.88 Å². The Kier molecular flexibility index (Phi) is 4.34. The highest BCUT2D eigenvalue weighted by Crippen LogP contribution is 2.27. The quantitative estimate of drug-likeness (QED) is 0.603. The van der Waals surface area contributed by atoms with Crippen molar-refractivity contribution in [3.63, 3.8) is 0 Å². The molecular weight excluding hydrogens is 404 g/mol. The van der Waals surface area contributed by atoms with Gasteiger partial charge >= 0.3 is 6.03 Å². The number of barbiturate groups is 1. The number of imide groups is 2. The van der Waals surface area contributed by atoms with E-state index in [0.717, 1.165) is 13.6 Å². The van der Waals surface area contributed by atoms with Gasteiger partial charge in [0.1, 0.15) is 5.57 Å². The van der Waals surface area contributed by atoms with Crippen LogP contribution in [0.25, 0.3) is 6.08 Å².